The Balaban J connectivity index is 1.19. The Hall–Kier alpha value is -3.68. The van der Waals surface area contributed by atoms with Crippen LogP contribution in [-0.4, -0.2) is 88.8 Å². The van der Waals surface area contributed by atoms with E-state index in [1.54, 1.807) is 23.2 Å². The van der Waals surface area contributed by atoms with Gasteiger partial charge in [0.1, 0.15) is 5.69 Å². The molecule has 1 atom stereocenters. The van der Waals surface area contributed by atoms with Gasteiger partial charge in [0.15, 0.2) is 0 Å². The van der Waals surface area contributed by atoms with Crippen LogP contribution >= 0.6 is 23.2 Å². The van der Waals surface area contributed by atoms with Gasteiger partial charge in [0.25, 0.3) is 5.91 Å². The van der Waals surface area contributed by atoms with Crippen LogP contribution in [0, 0.1) is 6.92 Å². The maximum atomic E-state index is 13.6. The highest BCUT2D eigenvalue weighted by molar-refractivity contribution is 7.88. The van der Waals surface area contributed by atoms with Crippen molar-refractivity contribution >= 4 is 56.5 Å². The second kappa shape index (κ2) is 12.6. The zero-order valence-corrected chi connectivity index (χ0v) is 27.1. The van der Waals surface area contributed by atoms with Crippen LogP contribution in [0.5, 0.6) is 0 Å². The molecule has 4 heterocycles. The number of anilines is 3. The lowest BCUT2D eigenvalue weighted by atomic mass is 10.0. The molecular weight excluding hydrogens is 637 g/mol. The Morgan fingerprint density at radius 3 is 2.49 bits per heavy atom. The first-order valence-electron chi connectivity index (χ1n) is 14.5. The number of nitrogens with one attached hydrogen (secondary N) is 1. The number of aliphatic hydroxyl groups excluding tert-OH is 1. The number of rotatable bonds is 8. The highest BCUT2D eigenvalue weighted by Crippen LogP contribution is 2.33. The molecule has 236 valence electrons. The fourth-order valence-electron chi connectivity index (χ4n) is 5.86. The normalized spacial score (nSPS) is 16.5. The van der Waals surface area contributed by atoms with E-state index in [1.165, 1.54) is 10.6 Å². The third-order valence-corrected chi connectivity index (χ3v) is 10.1. The van der Waals surface area contributed by atoms with Crippen LogP contribution < -0.4 is 10.2 Å². The highest BCUT2D eigenvalue weighted by Gasteiger charge is 2.32. The van der Waals surface area contributed by atoms with Crippen molar-refractivity contribution in [1.29, 1.82) is 0 Å². The van der Waals surface area contributed by atoms with E-state index in [1.807, 2.05) is 54.1 Å². The molecule has 45 heavy (non-hydrogen) atoms. The van der Waals surface area contributed by atoms with Gasteiger partial charge in [0.05, 0.1) is 35.3 Å². The third-order valence-electron chi connectivity index (χ3n) is 8.26. The number of nitrogens with zero attached hydrogens (tertiary/aromatic N) is 6. The van der Waals surface area contributed by atoms with Crippen LogP contribution in [0.3, 0.4) is 0 Å². The second-order valence-electron chi connectivity index (χ2n) is 11.2. The summed E-state index contributed by atoms with van der Waals surface area (Å²) in [6.07, 6.45) is 4.87. The number of aliphatic hydroxyl groups is 1. The summed E-state index contributed by atoms with van der Waals surface area (Å²) in [4.78, 5) is 26.6. The molecule has 2 aromatic carbocycles. The van der Waals surface area contributed by atoms with Gasteiger partial charge in [-0.1, -0.05) is 35.3 Å². The Bertz CT molecular complexity index is 1860. The largest absolute Gasteiger partial charge is 0.394 e. The summed E-state index contributed by atoms with van der Waals surface area (Å²) < 4.78 is 27.1. The average Bonchev–Trinajstić information content (AvgIpc) is 3.45. The van der Waals surface area contributed by atoms with Crippen molar-refractivity contribution in [3.63, 3.8) is 0 Å². The van der Waals surface area contributed by atoms with E-state index in [0.717, 1.165) is 22.4 Å². The van der Waals surface area contributed by atoms with E-state index in [4.69, 9.17) is 28.2 Å². The maximum absolute atomic E-state index is 13.6. The van der Waals surface area contributed by atoms with Crippen molar-refractivity contribution in [2.24, 2.45) is 0 Å². The zero-order chi connectivity index (χ0) is 31.9. The SMILES string of the molecule is Cc1cnc(Nc2ccc(N3CCN(S(C)(=O)=O)CC3)cc2Cl)nc1-c1cc2n(c1)CCN(C(CO)c1cccc(Cl)c1)C2=O. The molecule has 1 amide bonds. The van der Waals surface area contributed by atoms with Gasteiger partial charge in [-0.25, -0.2) is 18.4 Å². The molecule has 0 aliphatic carbocycles. The molecule has 11 nitrogen and oxygen atoms in total. The minimum absolute atomic E-state index is 0.179. The number of piperazine rings is 1. The number of benzene rings is 2. The summed E-state index contributed by atoms with van der Waals surface area (Å²) in [5, 5.41) is 14.4. The van der Waals surface area contributed by atoms with Gasteiger partial charge in [-0.2, -0.15) is 4.31 Å². The molecule has 6 rings (SSSR count). The van der Waals surface area contributed by atoms with Crippen molar-refractivity contribution in [3.05, 3.63) is 87.8 Å². The Morgan fingerprint density at radius 1 is 1.02 bits per heavy atom. The van der Waals surface area contributed by atoms with E-state index >= 15 is 0 Å². The van der Waals surface area contributed by atoms with Gasteiger partial charge in [-0.15, -0.1) is 0 Å². The monoisotopic (exact) mass is 669 g/mol. The molecule has 14 heteroatoms. The lowest BCUT2D eigenvalue weighted by molar-refractivity contribution is 0.0526. The minimum atomic E-state index is -3.21. The highest BCUT2D eigenvalue weighted by atomic mass is 35.5. The first-order chi connectivity index (χ1) is 21.5. The molecule has 4 aromatic rings. The second-order valence-corrected chi connectivity index (χ2v) is 14.0. The molecule has 2 N–H and O–H groups in total. The van der Waals surface area contributed by atoms with E-state index < -0.39 is 16.1 Å². The van der Waals surface area contributed by atoms with E-state index in [9.17, 15) is 18.3 Å². The molecule has 1 saturated heterocycles. The van der Waals surface area contributed by atoms with Crippen molar-refractivity contribution in [2.45, 2.75) is 19.5 Å². The maximum Gasteiger partial charge on any atom is 0.271 e. The van der Waals surface area contributed by atoms with Crippen LogP contribution in [0.15, 0.2) is 60.9 Å². The van der Waals surface area contributed by atoms with Crippen LogP contribution in [-0.2, 0) is 16.6 Å². The smallest absolute Gasteiger partial charge is 0.271 e. The number of fused-ring (bicyclic) bond motifs is 1. The van der Waals surface area contributed by atoms with Crippen LogP contribution in [0.1, 0.15) is 27.7 Å². The van der Waals surface area contributed by atoms with Crippen LogP contribution in [0.25, 0.3) is 11.3 Å². The molecule has 1 unspecified atom stereocenters. The molecule has 0 saturated carbocycles. The number of carbonyl (C=O) groups excluding carboxylic acids is 1. The van der Waals surface area contributed by atoms with Gasteiger partial charge in [0.2, 0.25) is 16.0 Å². The fourth-order valence-corrected chi connectivity index (χ4v) is 7.11. The van der Waals surface area contributed by atoms with Gasteiger partial charge < -0.3 is 24.8 Å². The number of hydrogen-bond acceptors (Lipinski definition) is 8. The molecule has 2 aromatic heterocycles. The van der Waals surface area contributed by atoms with Crippen molar-refractivity contribution < 1.29 is 18.3 Å². The lowest BCUT2D eigenvalue weighted by Crippen LogP contribution is -2.48. The molecular formula is C31H33Cl2N7O4S. The van der Waals surface area contributed by atoms with Gasteiger partial charge >= 0.3 is 0 Å². The summed E-state index contributed by atoms with van der Waals surface area (Å²) in [5.41, 5.74) is 5.13. The molecule has 0 spiro atoms. The topological polar surface area (TPSA) is 124 Å². The minimum Gasteiger partial charge on any atom is -0.394 e. The summed E-state index contributed by atoms with van der Waals surface area (Å²) in [6.45, 7) is 4.70. The van der Waals surface area contributed by atoms with Crippen LogP contribution in [0.4, 0.5) is 17.3 Å². The van der Waals surface area contributed by atoms with E-state index in [-0.39, 0.29) is 12.5 Å². The van der Waals surface area contributed by atoms with Gasteiger partial charge in [-0.05, 0) is 54.4 Å². The predicted molar refractivity (Wildman–Crippen MR) is 176 cm³/mol. The molecule has 2 aliphatic rings. The van der Waals surface area contributed by atoms with Crippen molar-refractivity contribution in [2.75, 3.05) is 55.8 Å². The van der Waals surface area contributed by atoms with Gasteiger partial charge in [0, 0.05) is 67.9 Å². The zero-order valence-electron chi connectivity index (χ0n) is 24.8. The number of aromatic nitrogens is 3. The van der Waals surface area contributed by atoms with Gasteiger partial charge in [-0.3, -0.25) is 4.79 Å². The average molecular weight is 671 g/mol. The van der Waals surface area contributed by atoms with Crippen molar-refractivity contribution in [1.82, 2.24) is 23.7 Å². The molecule has 0 bridgehead atoms. The number of halogens is 2. The first-order valence-corrected chi connectivity index (χ1v) is 17.1. The fraction of sp³-hybridized carbons (Fsp3) is 0.323. The predicted octanol–water partition coefficient (Wildman–Crippen LogP) is 4.57. The Morgan fingerprint density at radius 2 is 1.80 bits per heavy atom. The van der Waals surface area contributed by atoms with E-state index in [2.05, 4.69) is 15.2 Å². The summed E-state index contributed by atoms with van der Waals surface area (Å²) in [5.74, 6) is 0.173. The number of hydrogen-bond donors (Lipinski definition) is 2. The molecule has 0 radical (unpaired) electrons. The summed E-state index contributed by atoms with van der Waals surface area (Å²) >= 11 is 12.8. The number of sulfonamides is 1. The quantitative estimate of drug-likeness (QED) is 0.280. The number of amides is 1. The summed E-state index contributed by atoms with van der Waals surface area (Å²) in [6, 6.07) is 14.2. The first kappa shape index (κ1) is 31.3. The Kier molecular flexibility index (Phi) is 8.77. The lowest BCUT2D eigenvalue weighted by Gasteiger charge is -2.34. The summed E-state index contributed by atoms with van der Waals surface area (Å²) in [7, 11) is -3.21. The molecule has 2 aliphatic heterocycles. The standard InChI is InChI=1S/C31H33Cl2N7O4S/c1-20-17-34-31(35-26-7-6-24(16-25(26)33)37-8-11-39(12-9-37)45(2,43)44)36-29(20)22-15-27-30(42)40(13-10-38(27)18-22)28(19-41)21-4-3-5-23(32)14-21/h3-7,14-18,28,41H,8-13,19H2,1-2H3,(H,34,35,36). The Labute approximate surface area is 272 Å². The van der Waals surface area contributed by atoms with E-state index in [0.29, 0.717) is 72.3 Å². The third kappa shape index (κ3) is 6.52. The number of aryl methyl sites for hydroxylation is 1. The molecule has 1 fully saturated rings. The van der Waals surface area contributed by atoms with Crippen molar-refractivity contribution in [3.8, 4) is 11.3 Å². The van der Waals surface area contributed by atoms with Crippen LogP contribution in [0.2, 0.25) is 10.0 Å². The number of carbonyl (C=O) groups is 1.